The molecule has 1 aliphatic rings. The van der Waals surface area contributed by atoms with E-state index in [1.54, 1.807) is 0 Å². The highest BCUT2D eigenvalue weighted by molar-refractivity contribution is 5.72. The SMILES string of the molecule is CCC(C)C(=O)OCC1=CCCC=C1. The molecule has 1 rings (SSSR count). The van der Waals surface area contributed by atoms with Crippen LogP contribution in [0.25, 0.3) is 0 Å². The lowest BCUT2D eigenvalue weighted by atomic mass is 10.1. The first-order chi connectivity index (χ1) is 6.74. The fourth-order valence-corrected chi connectivity index (χ4v) is 1.24. The second-order valence-electron chi connectivity index (χ2n) is 3.68. The van der Waals surface area contributed by atoms with Crippen molar-refractivity contribution in [2.75, 3.05) is 6.61 Å². The average molecular weight is 194 g/mol. The summed E-state index contributed by atoms with van der Waals surface area (Å²) in [5, 5.41) is 0. The molecule has 0 N–H and O–H groups in total. The molecule has 0 spiro atoms. The molecule has 0 bridgehead atoms. The molecule has 78 valence electrons. The van der Waals surface area contributed by atoms with E-state index in [-0.39, 0.29) is 11.9 Å². The fourth-order valence-electron chi connectivity index (χ4n) is 1.24. The Morgan fingerprint density at radius 3 is 2.93 bits per heavy atom. The van der Waals surface area contributed by atoms with E-state index in [0.717, 1.165) is 24.8 Å². The molecule has 0 radical (unpaired) electrons. The van der Waals surface area contributed by atoms with Gasteiger partial charge in [-0.1, -0.05) is 32.1 Å². The zero-order chi connectivity index (χ0) is 10.4. The molecule has 0 heterocycles. The highest BCUT2D eigenvalue weighted by Gasteiger charge is 2.12. The average Bonchev–Trinajstić information content (AvgIpc) is 2.26. The van der Waals surface area contributed by atoms with Crippen LogP contribution in [0.3, 0.4) is 0 Å². The maximum absolute atomic E-state index is 11.3. The minimum atomic E-state index is -0.0904. The van der Waals surface area contributed by atoms with Crippen LogP contribution < -0.4 is 0 Å². The van der Waals surface area contributed by atoms with Crippen LogP contribution in [-0.4, -0.2) is 12.6 Å². The number of hydrogen-bond donors (Lipinski definition) is 0. The third-order valence-electron chi connectivity index (χ3n) is 2.47. The van der Waals surface area contributed by atoms with E-state index in [0.29, 0.717) is 6.61 Å². The Morgan fingerprint density at radius 2 is 2.36 bits per heavy atom. The summed E-state index contributed by atoms with van der Waals surface area (Å²) < 4.78 is 5.18. The summed E-state index contributed by atoms with van der Waals surface area (Å²) in [6.07, 6.45) is 9.28. The standard InChI is InChI=1S/C12H18O2/c1-3-10(2)12(13)14-9-11-7-5-4-6-8-11/h5,7-8,10H,3-4,6,9H2,1-2H3. The lowest BCUT2D eigenvalue weighted by Crippen LogP contribution is -2.15. The van der Waals surface area contributed by atoms with Crippen molar-refractivity contribution in [3.63, 3.8) is 0 Å². The Balaban J connectivity index is 2.29. The molecule has 2 nitrogen and oxygen atoms in total. The number of hydrogen-bond acceptors (Lipinski definition) is 2. The van der Waals surface area contributed by atoms with Crippen molar-refractivity contribution in [1.82, 2.24) is 0 Å². The monoisotopic (exact) mass is 194 g/mol. The zero-order valence-electron chi connectivity index (χ0n) is 8.95. The zero-order valence-corrected chi connectivity index (χ0v) is 8.95. The van der Waals surface area contributed by atoms with Gasteiger partial charge in [-0.05, 0) is 24.8 Å². The molecule has 0 amide bonds. The van der Waals surface area contributed by atoms with Crippen molar-refractivity contribution < 1.29 is 9.53 Å². The van der Waals surface area contributed by atoms with Crippen molar-refractivity contribution >= 4 is 5.97 Å². The number of carbonyl (C=O) groups excluding carboxylic acids is 1. The first-order valence-corrected chi connectivity index (χ1v) is 5.26. The molecular weight excluding hydrogens is 176 g/mol. The molecule has 0 fully saturated rings. The molecule has 14 heavy (non-hydrogen) atoms. The summed E-state index contributed by atoms with van der Waals surface area (Å²) in [6, 6.07) is 0. The van der Waals surface area contributed by atoms with E-state index in [4.69, 9.17) is 4.74 Å². The molecule has 0 aromatic carbocycles. The van der Waals surface area contributed by atoms with E-state index in [9.17, 15) is 4.79 Å². The Labute approximate surface area is 85.6 Å². The molecule has 0 aromatic rings. The second-order valence-corrected chi connectivity index (χ2v) is 3.68. The largest absolute Gasteiger partial charge is 0.461 e. The van der Waals surface area contributed by atoms with Crippen LogP contribution in [-0.2, 0) is 9.53 Å². The first-order valence-electron chi connectivity index (χ1n) is 5.26. The Bertz CT molecular complexity index is 251. The number of ether oxygens (including phenoxy) is 1. The topological polar surface area (TPSA) is 26.3 Å². The lowest BCUT2D eigenvalue weighted by molar-refractivity contribution is -0.146. The van der Waals surface area contributed by atoms with Crippen molar-refractivity contribution in [2.24, 2.45) is 5.92 Å². The van der Waals surface area contributed by atoms with Crippen molar-refractivity contribution in [3.05, 3.63) is 23.8 Å². The van der Waals surface area contributed by atoms with Gasteiger partial charge in [0.1, 0.15) is 6.61 Å². The summed E-state index contributed by atoms with van der Waals surface area (Å²) >= 11 is 0. The van der Waals surface area contributed by atoms with Crippen LogP contribution in [0.15, 0.2) is 23.8 Å². The van der Waals surface area contributed by atoms with E-state index < -0.39 is 0 Å². The van der Waals surface area contributed by atoms with Crippen LogP contribution in [0.1, 0.15) is 33.1 Å². The minimum absolute atomic E-state index is 0.0168. The van der Waals surface area contributed by atoms with Crippen LogP contribution in [0, 0.1) is 5.92 Å². The van der Waals surface area contributed by atoms with Gasteiger partial charge in [-0.25, -0.2) is 0 Å². The molecule has 1 unspecified atom stereocenters. The Kier molecular flexibility index (Phi) is 4.44. The van der Waals surface area contributed by atoms with E-state index in [2.05, 4.69) is 12.2 Å². The summed E-state index contributed by atoms with van der Waals surface area (Å²) in [6.45, 7) is 4.32. The maximum atomic E-state index is 11.3. The number of esters is 1. The van der Waals surface area contributed by atoms with Crippen molar-refractivity contribution in [2.45, 2.75) is 33.1 Å². The molecule has 0 saturated carbocycles. The molecule has 0 aliphatic heterocycles. The van der Waals surface area contributed by atoms with Crippen molar-refractivity contribution in [1.29, 1.82) is 0 Å². The fraction of sp³-hybridized carbons (Fsp3) is 0.583. The van der Waals surface area contributed by atoms with E-state index >= 15 is 0 Å². The summed E-state index contributed by atoms with van der Waals surface area (Å²) in [4.78, 5) is 11.3. The minimum Gasteiger partial charge on any atom is -0.461 e. The number of rotatable bonds is 4. The Morgan fingerprint density at radius 1 is 1.57 bits per heavy atom. The smallest absolute Gasteiger partial charge is 0.308 e. The Hall–Kier alpha value is -1.05. The highest BCUT2D eigenvalue weighted by Crippen LogP contribution is 2.11. The van der Waals surface area contributed by atoms with Crippen LogP contribution in [0.4, 0.5) is 0 Å². The summed E-state index contributed by atoms with van der Waals surface area (Å²) in [5.41, 5.74) is 1.12. The van der Waals surface area contributed by atoms with Gasteiger partial charge < -0.3 is 4.74 Å². The maximum Gasteiger partial charge on any atom is 0.308 e. The molecule has 0 saturated heterocycles. The van der Waals surface area contributed by atoms with Gasteiger partial charge in [0.05, 0.1) is 5.92 Å². The normalized spacial score (nSPS) is 17.4. The van der Waals surface area contributed by atoms with Gasteiger partial charge >= 0.3 is 5.97 Å². The predicted octanol–water partition coefficient (Wildman–Crippen LogP) is 2.85. The van der Waals surface area contributed by atoms with Gasteiger partial charge in [-0.2, -0.15) is 0 Å². The van der Waals surface area contributed by atoms with Gasteiger partial charge in [0.2, 0.25) is 0 Å². The van der Waals surface area contributed by atoms with Crippen LogP contribution >= 0.6 is 0 Å². The first kappa shape index (κ1) is 11.0. The van der Waals surface area contributed by atoms with E-state index in [1.165, 1.54) is 0 Å². The summed E-state index contributed by atoms with van der Waals surface area (Å²) in [5.74, 6) is -0.0736. The molecule has 2 heteroatoms. The van der Waals surface area contributed by atoms with Crippen LogP contribution in [0.2, 0.25) is 0 Å². The van der Waals surface area contributed by atoms with Gasteiger partial charge in [-0.3, -0.25) is 4.79 Å². The lowest BCUT2D eigenvalue weighted by Gasteiger charge is -2.11. The van der Waals surface area contributed by atoms with Gasteiger partial charge in [0, 0.05) is 0 Å². The number of carbonyl (C=O) groups is 1. The molecule has 1 aliphatic carbocycles. The second kappa shape index (κ2) is 5.63. The van der Waals surface area contributed by atoms with Crippen LogP contribution in [0.5, 0.6) is 0 Å². The third kappa shape index (κ3) is 3.36. The van der Waals surface area contributed by atoms with E-state index in [1.807, 2.05) is 19.9 Å². The van der Waals surface area contributed by atoms with Crippen molar-refractivity contribution in [3.8, 4) is 0 Å². The summed E-state index contributed by atoms with van der Waals surface area (Å²) in [7, 11) is 0. The highest BCUT2D eigenvalue weighted by atomic mass is 16.5. The van der Waals surface area contributed by atoms with Gasteiger partial charge in [0.15, 0.2) is 0 Å². The predicted molar refractivity (Wildman–Crippen MR) is 56.9 cm³/mol. The van der Waals surface area contributed by atoms with Gasteiger partial charge in [0.25, 0.3) is 0 Å². The molecule has 1 atom stereocenters. The molecule has 0 aromatic heterocycles. The van der Waals surface area contributed by atoms with Gasteiger partial charge in [-0.15, -0.1) is 0 Å². The quantitative estimate of drug-likeness (QED) is 0.643. The third-order valence-corrected chi connectivity index (χ3v) is 2.47. The number of allylic oxidation sites excluding steroid dienone is 2. The molecular formula is C12H18O2.